The summed E-state index contributed by atoms with van der Waals surface area (Å²) in [5.41, 5.74) is 0. The summed E-state index contributed by atoms with van der Waals surface area (Å²) in [6, 6.07) is 0. The molecule has 0 aliphatic rings. The van der Waals surface area contributed by atoms with Gasteiger partial charge in [0.15, 0.2) is 0 Å². The number of carbonyl (C=O) groups is 1. The highest BCUT2D eigenvalue weighted by molar-refractivity contribution is 5.69. The van der Waals surface area contributed by atoms with Crippen molar-refractivity contribution in [3.8, 4) is 0 Å². The monoisotopic (exact) mass is 284 g/mol. The van der Waals surface area contributed by atoms with E-state index in [4.69, 9.17) is 4.74 Å². The average Bonchev–Trinajstić information content (AvgIpc) is 2.36. The van der Waals surface area contributed by atoms with Gasteiger partial charge < -0.3 is 4.74 Å². The third kappa shape index (κ3) is 15.5. The Morgan fingerprint density at radius 2 is 1.25 bits per heavy atom. The minimum atomic E-state index is -0.00303. The Hall–Kier alpha value is -0.530. The zero-order valence-corrected chi connectivity index (χ0v) is 14.2. The molecular formula is C18H36O2. The van der Waals surface area contributed by atoms with Crippen LogP contribution in [0.3, 0.4) is 0 Å². The van der Waals surface area contributed by atoms with Gasteiger partial charge in [-0.2, -0.15) is 0 Å². The summed E-state index contributed by atoms with van der Waals surface area (Å²) in [5, 5.41) is 0. The summed E-state index contributed by atoms with van der Waals surface area (Å²) in [6.45, 7) is 9.62. The van der Waals surface area contributed by atoms with Crippen LogP contribution in [0.4, 0.5) is 0 Å². The van der Waals surface area contributed by atoms with Gasteiger partial charge in [-0.25, -0.2) is 0 Å². The van der Waals surface area contributed by atoms with Crippen LogP contribution in [-0.4, -0.2) is 12.6 Å². The summed E-state index contributed by atoms with van der Waals surface area (Å²) in [7, 11) is 0. The molecule has 0 aliphatic carbocycles. The van der Waals surface area contributed by atoms with Crippen LogP contribution >= 0.6 is 0 Å². The number of hydrogen-bond acceptors (Lipinski definition) is 2. The number of carbonyl (C=O) groups excluding carboxylic acids is 1. The molecule has 0 N–H and O–H groups in total. The van der Waals surface area contributed by atoms with E-state index >= 15 is 0 Å². The van der Waals surface area contributed by atoms with E-state index in [1.54, 1.807) is 0 Å². The van der Waals surface area contributed by atoms with Crippen molar-refractivity contribution in [3.63, 3.8) is 0 Å². The standard InChI is InChI=1S/C18H36O2/c1-16(2)12-8-6-5-7-9-14-18(19)20-15-11-10-13-17(3)4/h16-17H,5-15H2,1-4H3. The first-order chi connectivity index (χ1) is 9.52. The van der Waals surface area contributed by atoms with E-state index in [-0.39, 0.29) is 5.97 Å². The molecule has 0 spiro atoms. The number of ether oxygens (including phenoxy) is 1. The first-order valence-electron chi connectivity index (χ1n) is 8.68. The minimum Gasteiger partial charge on any atom is -0.466 e. The van der Waals surface area contributed by atoms with Gasteiger partial charge in [-0.05, 0) is 31.1 Å². The Balaban J connectivity index is 3.20. The first-order valence-corrected chi connectivity index (χ1v) is 8.68. The Kier molecular flexibility index (Phi) is 13.1. The maximum atomic E-state index is 11.5. The van der Waals surface area contributed by atoms with Gasteiger partial charge >= 0.3 is 5.97 Å². The molecule has 0 radical (unpaired) electrons. The number of esters is 1. The molecule has 0 atom stereocenters. The fourth-order valence-corrected chi connectivity index (χ4v) is 2.27. The fourth-order valence-electron chi connectivity index (χ4n) is 2.27. The van der Waals surface area contributed by atoms with Gasteiger partial charge in [0.2, 0.25) is 0 Å². The minimum absolute atomic E-state index is 0.00303. The van der Waals surface area contributed by atoms with Crippen molar-refractivity contribution in [2.75, 3.05) is 6.61 Å². The molecule has 0 bridgehead atoms. The van der Waals surface area contributed by atoms with Crippen LogP contribution in [0.1, 0.15) is 91.9 Å². The molecule has 2 heteroatoms. The second-order valence-electron chi connectivity index (χ2n) is 6.81. The molecule has 2 nitrogen and oxygen atoms in total. The van der Waals surface area contributed by atoms with Crippen molar-refractivity contribution in [1.82, 2.24) is 0 Å². The largest absolute Gasteiger partial charge is 0.466 e. The molecule has 0 saturated carbocycles. The van der Waals surface area contributed by atoms with E-state index in [9.17, 15) is 4.79 Å². The van der Waals surface area contributed by atoms with Crippen molar-refractivity contribution in [3.05, 3.63) is 0 Å². The Labute approximate surface area is 126 Å². The normalized spacial score (nSPS) is 11.3. The predicted octanol–water partition coefficient (Wildman–Crippen LogP) is 5.74. The Bertz CT molecular complexity index is 221. The summed E-state index contributed by atoms with van der Waals surface area (Å²) in [5.74, 6) is 1.57. The number of hydrogen-bond donors (Lipinski definition) is 0. The molecule has 0 amide bonds. The molecule has 0 saturated heterocycles. The molecular weight excluding hydrogens is 248 g/mol. The van der Waals surface area contributed by atoms with Crippen molar-refractivity contribution in [2.45, 2.75) is 91.9 Å². The topological polar surface area (TPSA) is 26.3 Å². The van der Waals surface area contributed by atoms with Gasteiger partial charge in [-0.15, -0.1) is 0 Å². The summed E-state index contributed by atoms with van der Waals surface area (Å²) >= 11 is 0. The third-order valence-electron chi connectivity index (χ3n) is 3.60. The van der Waals surface area contributed by atoms with Gasteiger partial charge in [-0.3, -0.25) is 4.79 Å². The van der Waals surface area contributed by atoms with Gasteiger partial charge in [0.05, 0.1) is 6.61 Å². The van der Waals surface area contributed by atoms with Crippen molar-refractivity contribution in [2.24, 2.45) is 11.8 Å². The molecule has 0 aromatic heterocycles. The molecule has 0 rings (SSSR count). The van der Waals surface area contributed by atoms with Crippen molar-refractivity contribution >= 4 is 5.97 Å². The number of rotatable bonds is 13. The molecule has 0 fully saturated rings. The molecule has 0 aromatic carbocycles. The van der Waals surface area contributed by atoms with Crippen LogP contribution in [0.15, 0.2) is 0 Å². The van der Waals surface area contributed by atoms with Crippen LogP contribution in [-0.2, 0) is 9.53 Å². The summed E-state index contributed by atoms with van der Waals surface area (Å²) in [6.07, 6.45) is 11.4. The molecule has 20 heavy (non-hydrogen) atoms. The molecule has 0 heterocycles. The third-order valence-corrected chi connectivity index (χ3v) is 3.60. The summed E-state index contributed by atoms with van der Waals surface area (Å²) < 4.78 is 5.24. The lowest BCUT2D eigenvalue weighted by Gasteiger charge is -2.06. The van der Waals surface area contributed by atoms with Crippen LogP contribution in [0, 0.1) is 11.8 Å². The zero-order chi connectivity index (χ0) is 15.2. The molecule has 120 valence electrons. The van der Waals surface area contributed by atoms with Crippen LogP contribution in [0.5, 0.6) is 0 Å². The van der Waals surface area contributed by atoms with Crippen LogP contribution in [0.25, 0.3) is 0 Å². The highest BCUT2D eigenvalue weighted by atomic mass is 16.5. The second kappa shape index (κ2) is 13.5. The van der Waals surface area contributed by atoms with Crippen LogP contribution < -0.4 is 0 Å². The van der Waals surface area contributed by atoms with Crippen LogP contribution in [0.2, 0.25) is 0 Å². The lowest BCUT2D eigenvalue weighted by molar-refractivity contribution is -0.143. The van der Waals surface area contributed by atoms with E-state index < -0.39 is 0 Å². The second-order valence-corrected chi connectivity index (χ2v) is 6.81. The van der Waals surface area contributed by atoms with Crippen molar-refractivity contribution < 1.29 is 9.53 Å². The highest BCUT2D eigenvalue weighted by Gasteiger charge is 2.03. The SMILES string of the molecule is CC(C)CCCCCCCC(=O)OCCCCC(C)C. The van der Waals surface area contributed by atoms with E-state index in [2.05, 4.69) is 27.7 Å². The smallest absolute Gasteiger partial charge is 0.305 e. The number of unbranched alkanes of at least 4 members (excludes halogenated alkanes) is 5. The van der Waals surface area contributed by atoms with Gasteiger partial charge in [0, 0.05) is 6.42 Å². The fraction of sp³-hybridized carbons (Fsp3) is 0.944. The average molecular weight is 284 g/mol. The lowest BCUT2D eigenvalue weighted by Crippen LogP contribution is -2.05. The van der Waals surface area contributed by atoms with Gasteiger partial charge in [-0.1, -0.05) is 66.2 Å². The maximum absolute atomic E-state index is 11.5. The molecule has 0 aliphatic heterocycles. The van der Waals surface area contributed by atoms with E-state index in [0.717, 1.165) is 24.7 Å². The van der Waals surface area contributed by atoms with Crippen molar-refractivity contribution in [1.29, 1.82) is 0 Å². The highest BCUT2D eigenvalue weighted by Crippen LogP contribution is 2.12. The van der Waals surface area contributed by atoms with E-state index in [1.165, 1.54) is 44.9 Å². The molecule has 0 unspecified atom stereocenters. The molecule has 0 aromatic rings. The first kappa shape index (κ1) is 19.5. The lowest BCUT2D eigenvalue weighted by atomic mass is 10.0. The quantitative estimate of drug-likeness (QED) is 0.318. The Morgan fingerprint density at radius 1 is 0.750 bits per heavy atom. The van der Waals surface area contributed by atoms with Gasteiger partial charge in [0.1, 0.15) is 0 Å². The Morgan fingerprint density at radius 3 is 1.85 bits per heavy atom. The van der Waals surface area contributed by atoms with E-state index in [1.807, 2.05) is 0 Å². The summed E-state index contributed by atoms with van der Waals surface area (Å²) in [4.78, 5) is 11.5. The maximum Gasteiger partial charge on any atom is 0.305 e. The van der Waals surface area contributed by atoms with E-state index in [0.29, 0.717) is 13.0 Å². The zero-order valence-electron chi connectivity index (χ0n) is 14.2. The van der Waals surface area contributed by atoms with Gasteiger partial charge in [0.25, 0.3) is 0 Å². The predicted molar refractivity (Wildman–Crippen MR) is 86.8 cm³/mol.